The number of hydrogen-bond donors (Lipinski definition) is 0. The van der Waals surface area contributed by atoms with Crippen LogP contribution in [0, 0.1) is 0 Å². The lowest BCUT2D eigenvalue weighted by molar-refractivity contribution is 0.00602. The molecule has 0 unspecified atom stereocenters. The maximum Gasteiger partial charge on any atom is 0.357 e. The number of carbonyl (C=O) groups excluding carboxylic acids is 2. The number of unbranched alkanes of at least 4 members (excludes halogenated alkanes) is 1. The molecule has 5 heteroatoms. The zero-order chi connectivity index (χ0) is 16.3. The van der Waals surface area contributed by atoms with Crippen molar-refractivity contribution in [3.8, 4) is 0 Å². The molecule has 0 saturated carbocycles. The summed E-state index contributed by atoms with van der Waals surface area (Å²) in [6.45, 7) is 7.57. The van der Waals surface area contributed by atoms with Gasteiger partial charge in [0.2, 0.25) is 0 Å². The number of aldehydes is 1. The van der Waals surface area contributed by atoms with Crippen LogP contribution in [-0.2, 0) is 11.2 Å². The molecule has 0 fully saturated rings. The quantitative estimate of drug-likeness (QED) is 0.627. The van der Waals surface area contributed by atoms with Gasteiger partial charge in [-0.2, -0.15) is 0 Å². The van der Waals surface area contributed by atoms with Crippen molar-refractivity contribution < 1.29 is 14.3 Å². The van der Waals surface area contributed by atoms with Crippen molar-refractivity contribution in [3.63, 3.8) is 0 Å². The molecule has 0 atom stereocenters. The molecule has 0 radical (unpaired) electrons. The highest BCUT2D eigenvalue weighted by molar-refractivity contribution is 5.92. The summed E-state index contributed by atoms with van der Waals surface area (Å²) in [4.78, 5) is 28.2. The van der Waals surface area contributed by atoms with Crippen LogP contribution >= 0.6 is 0 Å². The van der Waals surface area contributed by atoms with E-state index in [0.29, 0.717) is 29.0 Å². The summed E-state index contributed by atoms with van der Waals surface area (Å²) in [7, 11) is 0. The minimum atomic E-state index is -0.578. The number of aromatic nitrogens is 2. The first kappa shape index (κ1) is 16.2. The number of rotatable bonds is 5. The molecule has 118 valence electrons. The third-order valence-electron chi connectivity index (χ3n) is 3.24. The highest BCUT2D eigenvalue weighted by atomic mass is 16.6. The molecule has 5 nitrogen and oxygen atoms in total. The molecular formula is C17H22N2O3. The van der Waals surface area contributed by atoms with Crippen LogP contribution in [-0.4, -0.2) is 27.2 Å². The summed E-state index contributed by atoms with van der Waals surface area (Å²) >= 11 is 0. The van der Waals surface area contributed by atoms with Crippen LogP contribution in [0.2, 0.25) is 0 Å². The average molecular weight is 302 g/mol. The fourth-order valence-electron chi connectivity index (χ4n) is 2.29. The van der Waals surface area contributed by atoms with Gasteiger partial charge >= 0.3 is 5.97 Å². The van der Waals surface area contributed by atoms with Crippen molar-refractivity contribution in [2.24, 2.45) is 0 Å². The first-order valence-electron chi connectivity index (χ1n) is 7.56. The van der Waals surface area contributed by atoms with E-state index in [1.54, 1.807) is 22.7 Å². The zero-order valence-corrected chi connectivity index (χ0v) is 13.5. The van der Waals surface area contributed by atoms with Crippen molar-refractivity contribution >= 4 is 17.9 Å². The molecule has 0 saturated heterocycles. The number of aryl methyl sites for hydroxylation is 1. The summed E-state index contributed by atoms with van der Waals surface area (Å²) in [6.07, 6.45) is 5.11. The summed E-state index contributed by atoms with van der Waals surface area (Å²) < 4.78 is 7.15. The van der Waals surface area contributed by atoms with Gasteiger partial charge < -0.3 is 4.74 Å². The number of nitrogens with zero attached hydrogens (tertiary/aromatic N) is 2. The normalized spacial score (nSPS) is 11.6. The number of esters is 1. The van der Waals surface area contributed by atoms with Gasteiger partial charge in [-0.05, 0) is 45.7 Å². The van der Waals surface area contributed by atoms with E-state index in [9.17, 15) is 9.59 Å². The van der Waals surface area contributed by atoms with Crippen LogP contribution in [0.15, 0.2) is 18.3 Å². The SMILES string of the molecule is CCCCc1nc2c(C=O)cccn2c1C(=O)OC(C)(C)C. The first-order chi connectivity index (χ1) is 10.4. The molecule has 0 bridgehead atoms. The van der Waals surface area contributed by atoms with Crippen LogP contribution in [0.4, 0.5) is 0 Å². The molecule has 0 aliphatic rings. The molecule has 2 heterocycles. The molecule has 0 aliphatic carbocycles. The Balaban J connectivity index is 2.57. The molecule has 0 spiro atoms. The maximum absolute atomic E-state index is 12.5. The number of imidazole rings is 1. The van der Waals surface area contributed by atoms with Crippen LogP contribution in [0.1, 0.15) is 67.1 Å². The van der Waals surface area contributed by atoms with Gasteiger partial charge in [0, 0.05) is 6.20 Å². The average Bonchev–Trinajstić information content (AvgIpc) is 2.81. The summed E-state index contributed by atoms with van der Waals surface area (Å²) in [5, 5.41) is 0. The molecule has 2 aromatic rings. The molecular weight excluding hydrogens is 280 g/mol. The van der Waals surface area contributed by atoms with Crippen LogP contribution < -0.4 is 0 Å². The number of hydrogen-bond acceptors (Lipinski definition) is 4. The van der Waals surface area contributed by atoms with E-state index in [0.717, 1.165) is 19.1 Å². The number of carbonyl (C=O) groups is 2. The fourth-order valence-corrected chi connectivity index (χ4v) is 2.29. The molecule has 2 rings (SSSR count). The molecule has 2 aromatic heterocycles. The Labute approximate surface area is 130 Å². The Morgan fingerprint density at radius 1 is 1.41 bits per heavy atom. The second kappa shape index (κ2) is 6.30. The summed E-state index contributed by atoms with van der Waals surface area (Å²) in [6, 6.07) is 3.42. The molecule has 0 N–H and O–H groups in total. The zero-order valence-electron chi connectivity index (χ0n) is 13.5. The largest absolute Gasteiger partial charge is 0.455 e. The summed E-state index contributed by atoms with van der Waals surface area (Å²) in [5.74, 6) is -0.408. The lowest BCUT2D eigenvalue weighted by Crippen LogP contribution is -2.25. The van der Waals surface area contributed by atoms with E-state index in [-0.39, 0.29) is 0 Å². The van der Waals surface area contributed by atoms with Gasteiger partial charge in [-0.25, -0.2) is 9.78 Å². The standard InChI is InChI=1S/C17H22N2O3/c1-5-6-9-13-14(16(21)22-17(2,3)4)19-10-7-8-12(11-20)15(19)18-13/h7-8,10-11H,5-6,9H2,1-4H3. The van der Waals surface area contributed by atoms with Crippen molar-refractivity contribution in [3.05, 3.63) is 35.3 Å². The number of pyridine rings is 1. The van der Waals surface area contributed by atoms with E-state index in [1.165, 1.54) is 0 Å². The lowest BCUT2D eigenvalue weighted by atomic mass is 10.1. The van der Waals surface area contributed by atoms with Crippen molar-refractivity contribution in [1.82, 2.24) is 9.38 Å². The number of ether oxygens (including phenoxy) is 1. The van der Waals surface area contributed by atoms with Gasteiger partial charge in [0.15, 0.2) is 12.0 Å². The topological polar surface area (TPSA) is 60.7 Å². The van der Waals surface area contributed by atoms with Crippen LogP contribution in [0.5, 0.6) is 0 Å². The third-order valence-corrected chi connectivity index (χ3v) is 3.24. The smallest absolute Gasteiger partial charge is 0.357 e. The van der Waals surface area contributed by atoms with Crippen molar-refractivity contribution in [2.45, 2.75) is 52.6 Å². The molecule has 0 aromatic carbocycles. The van der Waals surface area contributed by atoms with E-state index in [4.69, 9.17) is 4.74 Å². The van der Waals surface area contributed by atoms with Gasteiger partial charge in [0.1, 0.15) is 11.2 Å². The van der Waals surface area contributed by atoms with Crippen molar-refractivity contribution in [1.29, 1.82) is 0 Å². The van der Waals surface area contributed by atoms with Crippen molar-refractivity contribution in [2.75, 3.05) is 0 Å². The Morgan fingerprint density at radius 3 is 2.73 bits per heavy atom. The minimum absolute atomic E-state index is 0.408. The first-order valence-corrected chi connectivity index (χ1v) is 7.56. The minimum Gasteiger partial charge on any atom is -0.455 e. The highest BCUT2D eigenvalue weighted by Gasteiger charge is 2.25. The Bertz CT molecular complexity index is 696. The lowest BCUT2D eigenvalue weighted by Gasteiger charge is -2.19. The van der Waals surface area contributed by atoms with E-state index < -0.39 is 11.6 Å². The summed E-state index contributed by atoms with van der Waals surface area (Å²) in [5.41, 5.74) is 1.50. The second-order valence-electron chi connectivity index (χ2n) is 6.29. The van der Waals surface area contributed by atoms with E-state index in [1.807, 2.05) is 20.8 Å². The van der Waals surface area contributed by atoms with Gasteiger partial charge in [0.25, 0.3) is 0 Å². The Hall–Kier alpha value is -2.17. The predicted molar refractivity (Wildman–Crippen MR) is 84.4 cm³/mol. The monoisotopic (exact) mass is 302 g/mol. The van der Waals surface area contributed by atoms with Gasteiger partial charge in [-0.1, -0.05) is 13.3 Å². The van der Waals surface area contributed by atoms with Crippen LogP contribution in [0.3, 0.4) is 0 Å². The predicted octanol–water partition coefficient (Wildman–Crippen LogP) is 3.44. The Kier molecular flexibility index (Phi) is 4.64. The molecule has 22 heavy (non-hydrogen) atoms. The highest BCUT2D eigenvalue weighted by Crippen LogP contribution is 2.20. The van der Waals surface area contributed by atoms with Gasteiger partial charge in [-0.3, -0.25) is 9.20 Å². The van der Waals surface area contributed by atoms with Crippen LogP contribution in [0.25, 0.3) is 5.65 Å². The maximum atomic E-state index is 12.5. The third kappa shape index (κ3) is 3.35. The number of fused-ring (bicyclic) bond motifs is 1. The van der Waals surface area contributed by atoms with E-state index in [2.05, 4.69) is 11.9 Å². The van der Waals surface area contributed by atoms with E-state index >= 15 is 0 Å². The molecule has 0 aliphatic heterocycles. The fraction of sp³-hybridized carbons (Fsp3) is 0.471. The van der Waals surface area contributed by atoms with Gasteiger partial charge in [-0.15, -0.1) is 0 Å². The molecule has 0 amide bonds. The second-order valence-corrected chi connectivity index (χ2v) is 6.29. The Morgan fingerprint density at radius 2 is 2.14 bits per heavy atom. The van der Waals surface area contributed by atoms with Gasteiger partial charge in [0.05, 0.1) is 11.3 Å².